The minimum atomic E-state index is -3.98. The van der Waals surface area contributed by atoms with Gasteiger partial charge < -0.3 is 10.6 Å². The van der Waals surface area contributed by atoms with Gasteiger partial charge in [-0.25, -0.2) is 0 Å². The van der Waals surface area contributed by atoms with Gasteiger partial charge in [-0.15, -0.1) is 0 Å². The van der Waals surface area contributed by atoms with E-state index in [1.807, 2.05) is 6.07 Å². The first-order valence-electron chi connectivity index (χ1n) is 17.5. The second-order valence-electron chi connectivity index (χ2n) is 14.5. The molecule has 3 aromatic carbocycles. The van der Waals surface area contributed by atoms with Crippen molar-refractivity contribution in [1.29, 1.82) is 0 Å². The maximum Gasteiger partial charge on any atom is 0.264 e. The van der Waals surface area contributed by atoms with Crippen LogP contribution in [0.2, 0.25) is 0 Å². The first-order valence-corrected chi connectivity index (χ1v) is 19.5. The summed E-state index contributed by atoms with van der Waals surface area (Å²) in [6, 6.07) is 21.6. The number of nitrogens with zero attached hydrogens (tertiary/aromatic N) is 2. The van der Waals surface area contributed by atoms with Gasteiger partial charge >= 0.3 is 0 Å². The summed E-state index contributed by atoms with van der Waals surface area (Å²) < 4.78 is 34.4. The number of benzene rings is 3. The van der Waals surface area contributed by atoms with E-state index in [-0.39, 0.29) is 16.6 Å². The van der Waals surface area contributed by atoms with Gasteiger partial charge in [0.1, 0.15) is 0 Å². The Balaban J connectivity index is 1.32. The zero-order chi connectivity index (χ0) is 35.0. The van der Waals surface area contributed by atoms with Gasteiger partial charge in [0.05, 0.1) is 11.2 Å². The topological polar surface area (TPSA) is 86.6 Å². The molecule has 0 radical (unpaired) electrons. The lowest BCUT2D eigenvalue weighted by Gasteiger charge is -2.27. The Labute approximate surface area is 297 Å². The summed E-state index contributed by atoms with van der Waals surface area (Å²) >= 11 is 7.22. The Hall–Kier alpha value is -3.49. The highest BCUT2D eigenvalue weighted by Crippen LogP contribution is 2.48. The fourth-order valence-electron chi connectivity index (χ4n) is 8.03. The van der Waals surface area contributed by atoms with Crippen molar-refractivity contribution in [1.82, 2.24) is 0 Å². The lowest BCUT2D eigenvalue weighted by molar-refractivity contribution is -0.437. The van der Waals surface area contributed by atoms with E-state index in [2.05, 4.69) is 116 Å². The maximum absolute atomic E-state index is 11.3. The third-order valence-electron chi connectivity index (χ3n) is 10.5. The molecule has 0 saturated carbocycles. The first kappa shape index (κ1) is 35.3. The molecule has 3 aromatic rings. The average Bonchev–Trinajstić information content (AvgIpc) is 3.42. The molecule has 0 unspecified atom stereocenters. The summed E-state index contributed by atoms with van der Waals surface area (Å²) in [6.07, 6.45) is 13.7. The number of hydrogen-bond acceptors (Lipinski definition) is 4. The van der Waals surface area contributed by atoms with Crippen LogP contribution < -0.4 is 10.6 Å². The number of anilines is 1. The van der Waals surface area contributed by atoms with Gasteiger partial charge in [-0.3, -0.25) is 4.55 Å². The van der Waals surface area contributed by atoms with Crippen LogP contribution in [-0.2, 0) is 20.9 Å². The van der Waals surface area contributed by atoms with Crippen molar-refractivity contribution in [2.24, 2.45) is 5.73 Å². The first-order chi connectivity index (χ1) is 23.3. The monoisotopic (exact) mass is 698 g/mol. The van der Waals surface area contributed by atoms with E-state index in [9.17, 15) is 13.0 Å². The number of nitrogens with two attached hydrogens (primary N) is 1. The number of fused-ring (bicyclic) bond motifs is 4. The largest absolute Gasteiger partial charge is 0.344 e. The van der Waals surface area contributed by atoms with Crippen molar-refractivity contribution in [2.75, 3.05) is 30.3 Å². The number of allylic oxidation sites excluding steroid dienone is 8. The van der Waals surface area contributed by atoms with Gasteiger partial charge in [-0.1, -0.05) is 80.1 Å². The molecule has 0 fully saturated rings. The number of para-hydroxylation sites is 1. The summed E-state index contributed by atoms with van der Waals surface area (Å²) in [5.74, 6) is -0.227. The predicted molar refractivity (Wildman–Crippen MR) is 205 cm³/mol. The Morgan fingerprint density at radius 3 is 2.45 bits per heavy atom. The van der Waals surface area contributed by atoms with Gasteiger partial charge in [0.2, 0.25) is 5.69 Å². The van der Waals surface area contributed by atoms with Gasteiger partial charge in [0.25, 0.3) is 10.1 Å². The van der Waals surface area contributed by atoms with Crippen LogP contribution in [0.15, 0.2) is 107 Å². The molecular formula is C41H49ClN3O3S+. The van der Waals surface area contributed by atoms with Crippen molar-refractivity contribution in [3.8, 4) is 0 Å². The highest BCUT2D eigenvalue weighted by Gasteiger charge is 2.45. The molecule has 2 heterocycles. The van der Waals surface area contributed by atoms with Crippen LogP contribution in [0.25, 0.3) is 10.8 Å². The number of halogens is 1. The summed E-state index contributed by atoms with van der Waals surface area (Å²) in [5.41, 5.74) is 15.3. The molecule has 49 heavy (non-hydrogen) atoms. The minimum absolute atomic E-state index is 0.194. The third-order valence-corrected chi connectivity index (χ3v) is 11.8. The molecule has 258 valence electrons. The van der Waals surface area contributed by atoms with Gasteiger partial charge in [0.15, 0.2) is 12.3 Å². The summed E-state index contributed by atoms with van der Waals surface area (Å²) in [4.78, 5) is 2.30. The molecule has 0 aromatic heterocycles. The Morgan fingerprint density at radius 1 is 0.918 bits per heavy atom. The highest BCUT2D eigenvalue weighted by atomic mass is 35.5. The molecule has 1 aliphatic carbocycles. The van der Waals surface area contributed by atoms with E-state index >= 15 is 0 Å². The third kappa shape index (κ3) is 6.96. The van der Waals surface area contributed by atoms with E-state index in [1.165, 1.54) is 33.3 Å². The Bertz CT molecular complexity index is 2040. The Kier molecular flexibility index (Phi) is 10.1. The van der Waals surface area contributed by atoms with Crippen LogP contribution in [0.3, 0.4) is 0 Å². The second-order valence-corrected chi connectivity index (χ2v) is 16.5. The van der Waals surface area contributed by atoms with Gasteiger partial charge in [0, 0.05) is 52.5 Å². The van der Waals surface area contributed by atoms with Crippen LogP contribution in [0.1, 0.15) is 77.3 Å². The zero-order valence-corrected chi connectivity index (χ0v) is 30.7. The van der Waals surface area contributed by atoms with E-state index in [0.29, 0.717) is 25.9 Å². The summed E-state index contributed by atoms with van der Waals surface area (Å²) in [7, 11) is -3.98. The van der Waals surface area contributed by atoms with Crippen molar-refractivity contribution < 1.29 is 17.5 Å². The molecule has 0 bridgehead atoms. The van der Waals surface area contributed by atoms with Crippen molar-refractivity contribution in [3.63, 3.8) is 0 Å². The van der Waals surface area contributed by atoms with Crippen LogP contribution in [0, 0.1) is 0 Å². The van der Waals surface area contributed by atoms with Gasteiger partial charge in [-0.2, -0.15) is 13.0 Å². The molecule has 0 atom stereocenters. The van der Waals surface area contributed by atoms with E-state index < -0.39 is 10.1 Å². The SMILES string of the molecule is CC1(C)C(=CC=C2CCCC(C=CC3=[N+](CCCN)c4ccc5ccccc5c4C3(C)C)=C2Cl)N(CCCCS(=O)(=O)O)c2ccccc21. The second kappa shape index (κ2) is 14.0. The fraction of sp³-hybridized carbons (Fsp3) is 0.390. The number of unbranched alkanes of at least 4 members (excludes halogenated alkanes) is 1. The molecule has 0 saturated heterocycles. The van der Waals surface area contributed by atoms with E-state index in [1.54, 1.807) is 0 Å². The minimum Gasteiger partial charge on any atom is -0.344 e. The molecule has 6 rings (SSSR count). The number of rotatable bonds is 11. The molecule has 8 heteroatoms. The van der Waals surface area contributed by atoms with E-state index in [0.717, 1.165) is 59.8 Å². The lowest BCUT2D eigenvalue weighted by atomic mass is 9.79. The molecule has 3 aliphatic rings. The molecule has 0 spiro atoms. The zero-order valence-electron chi connectivity index (χ0n) is 29.2. The Morgan fingerprint density at radius 2 is 1.67 bits per heavy atom. The molecule has 0 amide bonds. The standard InChI is InChI=1S/C41H48ClN3O3S/c1-40(2)33-17-7-8-18-34(33)44(26-9-10-28-49(46,47)48)36(40)23-20-30-14-11-15-31(39(30)42)21-24-37-41(3,4)38-32-16-6-5-13-29(32)19-22-35(38)45(37)27-12-25-43/h5-8,13,16-24H,9-12,14-15,25-28,43H2,1-4H3/p+1. The van der Waals surface area contributed by atoms with Crippen molar-refractivity contribution in [2.45, 2.75) is 77.0 Å². The molecular weight excluding hydrogens is 650 g/mol. The highest BCUT2D eigenvalue weighted by molar-refractivity contribution is 7.85. The fourth-order valence-corrected chi connectivity index (χ4v) is 8.91. The number of hydrogen-bond donors (Lipinski definition) is 2. The lowest BCUT2D eigenvalue weighted by Crippen LogP contribution is -2.28. The molecule has 3 N–H and O–H groups in total. The summed E-state index contributed by atoms with van der Waals surface area (Å²) in [5, 5.41) is 3.37. The predicted octanol–water partition coefficient (Wildman–Crippen LogP) is 9.07. The van der Waals surface area contributed by atoms with Crippen molar-refractivity contribution >= 4 is 49.6 Å². The maximum atomic E-state index is 11.3. The smallest absolute Gasteiger partial charge is 0.264 e. The van der Waals surface area contributed by atoms with Gasteiger partial charge in [-0.05, 0) is 98.2 Å². The van der Waals surface area contributed by atoms with Crippen LogP contribution in [0.5, 0.6) is 0 Å². The van der Waals surface area contributed by atoms with Crippen LogP contribution in [-0.4, -0.2) is 48.6 Å². The van der Waals surface area contributed by atoms with Crippen LogP contribution in [0.4, 0.5) is 11.4 Å². The van der Waals surface area contributed by atoms with E-state index in [4.69, 9.17) is 17.3 Å². The molecule has 2 aliphatic heterocycles. The molecule has 6 nitrogen and oxygen atoms in total. The quantitative estimate of drug-likeness (QED) is 0.119. The van der Waals surface area contributed by atoms with Crippen molar-refractivity contribution in [3.05, 3.63) is 118 Å². The normalized spacial score (nSPS) is 20.3. The summed E-state index contributed by atoms with van der Waals surface area (Å²) in [6.45, 7) is 11.3. The van der Waals surface area contributed by atoms with Crippen LogP contribution >= 0.6 is 11.6 Å². The average molecular weight is 699 g/mol.